The van der Waals surface area contributed by atoms with Gasteiger partial charge in [0.25, 0.3) is 5.56 Å². The quantitative estimate of drug-likeness (QED) is 0.888. The van der Waals surface area contributed by atoms with Gasteiger partial charge in [-0.25, -0.2) is 0 Å². The predicted octanol–water partition coefficient (Wildman–Crippen LogP) is 2.10. The van der Waals surface area contributed by atoms with Crippen molar-refractivity contribution in [3.05, 3.63) is 58.4 Å². The van der Waals surface area contributed by atoms with Gasteiger partial charge in [-0.15, -0.1) is 0 Å². The first-order chi connectivity index (χ1) is 11.9. The van der Waals surface area contributed by atoms with Crippen molar-refractivity contribution in [2.24, 2.45) is 0 Å². The molecule has 1 aliphatic rings. The van der Waals surface area contributed by atoms with Crippen LogP contribution in [0.15, 0.2) is 41.6 Å². The lowest BCUT2D eigenvalue weighted by Crippen LogP contribution is -2.28. The molecule has 3 rings (SSSR count). The monoisotopic (exact) mass is 338 g/mol. The fourth-order valence-electron chi connectivity index (χ4n) is 2.64. The zero-order valence-corrected chi connectivity index (χ0v) is 14.1. The molecule has 7 nitrogen and oxygen atoms in total. The highest BCUT2D eigenvalue weighted by Gasteiger charge is 2.23. The first-order valence-corrected chi connectivity index (χ1v) is 7.75. The number of H-pyrrole nitrogens is 1. The summed E-state index contributed by atoms with van der Waals surface area (Å²) in [5.74, 6) is 0. The Balaban J connectivity index is 2.27. The van der Waals surface area contributed by atoms with Gasteiger partial charge < -0.3 is 19.7 Å². The van der Waals surface area contributed by atoms with E-state index in [0.29, 0.717) is 22.3 Å². The number of nitrogens with one attached hydrogen (secondary N) is 1. The third-order valence-electron chi connectivity index (χ3n) is 4.26. The minimum absolute atomic E-state index is 0.00874. The van der Waals surface area contributed by atoms with Crippen molar-refractivity contribution in [2.75, 3.05) is 12.0 Å². The summed E-state index contributed by atoms with van der Waals surface area (Å²) in [4.78, 5) is 20.8. The predicted molar refractivity (Wildman–Crippen MR) is 93.9 cm³/mol. The summed E-state index contributed by atoms with van der Waals surface area (Å²) in [6, 6.07) is 3.65. The normalized spacial score (nSPS) is 16.8. The van der Waals surface area contributed by atoms with Crippen molar-refractivity contribution < 1.29 is 9.84 Å². The molecule has 1 unspecified atom stereocenters. The highest BCUT2D eigenvalue weighted by molar-refractivity contribution is 5.95. The number of pyridine rings is 2. The van der Waals surface area contributed by atoms with E-state index in [4.69, 9.17) is 4.74 Å². The maximum atomic E-state index is 12.3. The van der Waals surface area contributed by atoms with Crippen molar-refractivity contribution in [1.82, 2.24) is 9.97 Å². The van der Waals surface area contributed by atoms with Gasteiger partial charge in [0.2, 0.25) is 0 Å². The second-order valence-electron chi connectivity index (χ2n) is 6.05. The Bertz CT molecular complexity index is 968. The largest absolute Gasteiger partial charge is 0.387 e. The van der Waals surface area contributed by atoms with E-state index in [-0.39, 0.29) is 5.56 Å². The minimum Gasteiger partial charge on any atom is -0.387 e. The van der Waals surface area contributed by atoms with Crippen LogP contribution in [-0.2, 0) is 4.74 Å². The van der Waals surface area contributed by atoms with Gasteiger partial charge in [-0.1, -0.05) is 0 Å². The van der Waals surface area contributed by atoms with Gasteiger partial charge in [0.15, 0.2) is 0 Å². The number of nitriles is 1. The first-order valence-electron chi connectivity index (χ1n) is 7.75. The fourth-order valence-corrected chi connectivity index (χ4v) is 2.64. The molecule has 0 saturated carbocycles. The number of methoxy groups -OCH3 is 1. The molecule has 1 aliphatic heterocycles. The molecule has 128 valence electrons. The molecule has 0 aromatic carbocycles. The number of aromatic nitrogens is 2. The highest BCUT2D eigenvalue weighted by Crippen LogP contribution is 2.32. The molecule has 0 bridgehead atoms. The van der Waals surface area contributed by atoms with Gasteiger partial charge in [-0.2, -0.15) is 5.26 Å². The van der Waals surface area contributed by atoms with Crippen LogP contribution < -0.4 is 10.5 Å². The Morgan fingerprint density at radius 3 is 2.68 bits per heavy atom. The summed E-state index contributed by atoms with van der Waals surface area (Å²) >= 11 is 0. The smallest absolute Gasteiger partial charge is 0.268 e. The molecular formula is C18H18N4O3. The van der Waals surface area contributed by atoms with Crippen LogP contribution >= 0.6 is 0 Å². The number of aliphatic hydroxyl groups is 1. The van der Waals surface area contributed by atoms with E-state index in [9.17, 15) is 15.2 Å². The van der Waals surface area contributed by atoms with Crippen molar-refractivity contribution >= 4 is 16.6 Å². The van der Waals surface area contributed by atoms with Crippen LogP contribution in [0.4, 0.5) is 5.69 Å². The molecule has 25 heavy (non-hydrogen) atoms. The third-order valence-corrected chi connectivity index (χ3v) is 4.26. The van der Waals surface area contributed by atoms with E-state index in [1.54, 1.807) is 37.4 Å². The van der Waals surface area contributed by atoms with E-state index in [1.807, 2.05) is 25.1 Å². The average molecular weight is 338 g/mol. The van der Waals surface area contributed by atoms with Crippen LogP contribution in [0.2, 0.25) is 0 Å². The molecule has 0 radical (unpaired) electrons. The number of fused-ring (bicyclic) bond motifs is 1. The highest BCUT2D eigenvalue weighted by atomic mass is 16.5. The summed E-state index contributed by atoms with van der Waals surface area (Å²) in [5, 5.41) is 19.9. The summed E-state index contributed by atoms with van der Waals surface area (Å²) in [5.41, 5.74) is 0.342. The van der Waals surface area contributed by atoms with Crippen LogP contribution in [0.1, 0.15) is 31.2 Å². The second kappa shape index (κ2) is 6.16. The van der Waals surface area contributed by atoms with Crippen LogP contribution in [0.25, 0.3) is 10.9 Å². The maximum absolute atomic E-state index is 12.3. The third kappa shape index (κ3) is 2.93. The number of anilines is 1. The molecule has 1 atom stereocenters. The molecule has 2 N–H and O–H groups in total. The molecule has 0 spiro atoms. The Morgan fingerprint density at radius 1 is 1.44 bits per heavy atom. The maximum Gasteiger partial charge on any atom is 0.268 e. The van der Waals surface area contributed by atoms with Gasteiger partial charge in [0, 0.05) is 24.9 Å². The van der Waals surface area contributed by atoms with Crippen LogP contribution in [0.3, 0.4) is 0 Å². The van der Waals surface area contributed by atoms with Gasteiger partial charge >= 0.3 is 0 Å². The number of rotatable bonds is 3. The Kier molecular flexibility index (Phi) is 4.17. The molecular weight excluding hydrogens is 320 g/mol. The first kappa shape index (κ1) is 16.9. The second-order valence-corrected chi connectivity index (χ2v) is 6.05. The SMILES string of the molecule is COC1(C)C=CN(c2c(C#N)c(=O)[nH]c3cnc(C(C)O)cc23)C=C1. The van der Waals surface area contributed by atoms with Crippen molar-refractivity contribution in [3.8, 4) is 6.07 Å². The number of hydrogen-bond acceptors (Lipinski definition) is 6. The van der Waals surface area contributed by atoms with Crippen molar-refractivity contribution in [2.45, 2.75) is 25.6 Å². The molecule has 2 aromatic rings. The molecule has 0 fully saturated rings. The Morgan fingerprint density at radius 2 is 2.12 bits per heavy atom. The van der Waals surface area contributed by atoms with E-state index in [1.165, 1.54) is 6.20 Å². The number of aliphatic hydroxyl groups excluding tert-OH is 1. The molecule has 0 aliphatic carbocycles. The molecule has 2 aromatic heterocycles. The lowest BCUT2D eigenvalue weighted by atomic mass is 10.0. The summed E-state index contributed by atoms with van der Waals surface area (Å²) < 4.78 is 5.40. The van der Waals surface area contributed by atoms with Gasteiger partial charge in [-0.05, 0) is 32.1 Å². The lowest BCUT2D eigenvalue weighted by Gasteiger charge is -2.28. The molecule has 7 heteroatoms. The standard InChI is InChI=1S/C18H18N4O3/c1-11(23)14-8-12-15(10-20-14)21-17(24)13(9-19)16(12)22-6-4-18(2,25-3)5-7-22/h4-8,10-11,23H,1-3H3,(H,21,24). The molecule has 0 amide bonds. The summed E-state index contributed by atoms with van der Waals surface area (Å²) in [6.45, 7) is 3.50. The number of hydrogen-bond donors (Lipinski definition) is 2. The van der Waals surface area contributed by atoms with Crippen LogP contribution in [0, 0.1) is 11.3 Å². The van der Waals surface area contributed by atoms with Crippen LogP contribution in [0.5, 0.6) is 0 Å². The summed E-state index contributed by atoms with van der Waals surface area (Å²) in [7, 11) is 1.61. The van der Waals surface area contributed by atoms with Crippen LogP contribution in [-0.4, -0.2) is 27.8 Å². The topological polar surface area (TPSA) is 102 Å². The Labute approximate surface area is 144 Å². The van der Waals surface area contributed by atoms with E-state index < -0.39 is 17.3 Å². The minimum atomic E-state index is -0.765. The van der Waals surface area contributed by atoms with E-state index in [0.717, 1.165) is 0 Å². The van der Waals surface area contributed by atoms with E-state index in [2.05, 4.69) is 9.97 Å². The van der Waals surface area contributed by atoms with E-state index >= 15 is 0 Å². The Hall–Kier alpha value is -2.95. The van der Waals surface area contributed by atoms with Crippen molar-refractivity contribution in [1.29, 1.82) is 5.26 Å². The molecule has 3 heterocycles. The average Bonchev–Trinajstić information content (AvgIpc) is 2.61. The van der Waals surface area contributed by atoms with Gasteiger partial charge in [-0.3, -0.25) is 9.78 Å². The number of ether oxygens (including phenoxy) is 1. The fraction of sp³-hybridized carbons (Fsp3) is 0.278. The molecule has 0 saturated heterocycles. The zero-order chi connectivity index (χ0) is 18.2. The van der Waals surface area contributed by atoms with Gasteiger partial charge in [0.1, 0.15) is 17.2 Å². The lowest BCUT2D eigenvalue weighted by molar-refractivity contribution is 0.0894. The van der Waals surface area contributed by atoms with Crippen molar-refractivity contribution in [3.63, 3.8) is 0 Å². The number of aromatic amines is 1. The summed E-state index contributed by atoms with van der Waals surface area (Å²) in [6.07, 6.45) is 7.89. The van der Waals surface area contributed by atoms with Gasteiger partial charge in [0.05, 0.1) is 29.2 Å². The zero-order valence-electron chi connectivity index (χ0n) is 14.1. The number of nitrogens with zero attached hydrogens (tertiary/aromatic N) is 3.